The van der Waals surface area contributed by atoms with Gasteiger partial charge in [-0.2, -0.15) is 4.31 Å². The zero-order chi connectivity index (χ0) is 19.6. The molecule has 0 aliphatic carbocycles. The number of sulfonamides is 1. The first-order valence-corrected chi connectivity index (χ1v) is 11.4. The summed E-state index contributed by atoms with van der Waals surface area (Å²) in [5, 5.41) is 0. The topological polar surface area (TPSA) is 83.7 Å². The van der Waals surface area contributed by atoms with Gasteiger partial charge >= 0.3 is 0 Å². The first kappa shape index (κ1) is 20.3. The molecule has 2 aliphatic rings. The van der Waals surface area contributed by atoms with Crippen molar-refractivity contribution < 1.29 is 13.2 Å². The third-order valence-electron chi connectivity index (χ3n) is 6.10. The third-order valence-corrected chi connectivity index (χ3v) is 8.00. The standard InChI is InChI=1S/C20H31N3O3S/c1-15-6-7-19(13-16(15)2)27(25,26)22-11-8-17(9-12-22)20(24)23-10-4-3-5-18(23)14-21/h6-7,13,17-18H,3-5,8-12,14,21H2,1-2H3. The molecule has 0 aromatic heterocycles. The fraction of sp³-hybridized carbons (Fsp3) is 0.650. The lowest BCUT2D eigenvalue weighted by atomic mass is 9.93. The fourth-order valence-corrected chi connectivity index (χ4v) is 5.69. The van der Waals surface area contributed by atoms with Crippen LogP contribution in [0.1, 0.15) is 43.2 Å². The van der Waals surface area contributed by atoms with Crippen LogP contribution in [0.3, 0.4) is 0 Å². The monoisotopic (exact) mass is 393 g/mol. The molecule has 150 valence electrons. The third kappa shape index (κ3) is 4.20. The predicted octanol–water partition coefficient (Wildman–Crippen LogP) is 2.04. The van der Waals surface area contributed by atoms with E-state index in [1.54, 1.807) is 12.1 Å². The number of carbonyl (C=O) groups excluding carboxylic acids is 1. The van der Waals surface area contributed by atoms with Crippen LogP contribution in [0, 0.1) is 19.8 Å². The highest BCUT2D eigenvalue weighted by Crippen LogP contribution is 2.28. The van der Waals surface area contributed by atoms with Crippen molar-refractivity contribution in [3.63, 3.8) is 0 Å². The number of nitrogens with zero attached hydrogens (tertiary/aromatic N) is 2. The molecular weight excluding hydrogens is 362 g/mol. The van der Waals surface area contributed by atoms with Gasteiger partial charge in [-0.05, 0) is 69.2 Å². The lowest BCUT2D eigenvalue weighted by Gasteiger charge is -2.39. The van der Waals surface area contributed by atoms with E-state index in [1.807, 2.05) is 24.8 Å². The van der Waals surface area contributed by atoms with Crippen LogP contribution in [0.15, 0.2) is 23.1 Å². The SMILES string of the molecule is Cc1ccc(S(=O)(=O)N2CCC(C(=O)N3CCCCC3CN)CC2)cc1C. The average Bonchev–Trinajstić information content (AvgIpc) is 2.69. The van der Waals surface area contributed by atoms with Crippen LogP contribution in [-0.4, -0.2) is 55.8 Å². The van der Waals surface area contributed by atoms with Gasteiger partial charge in [-0.3, -0.25) is 4.79 Å². The maximum absolute atomic E-state index is 12.9. The molecule has 2 N–H and O–H groups in total. The van der Waals surface area contributed by atoms with Gasteiger partial charge < -0.3 is 10.6 Å². The molecule has 2 heterocycles. The highest BCUT2D eigenvalue weighted by molar-refractivity contribution is 7.89. The highest BCUT2D eigenvalue weighted by atomic mass is 32.2. The molecule has 6 nitrogen and oxygen atoms in total. The van der Waals surface area contributed by atoms with Crippen molar-refractivity contribution in [2.45, 2.75) is 56.9 Å². The fourth-order valence-electron chi connectivity index (χ4n) is 4.14. The summed E-state index contributed by atoms with van der Waals surface area (Å²) in [5.41, 5.74) is 7.90. The molecule has 0 saturated carbocycles. The van der Waals surface area contributed by atoms with Crippen LogP contribution in [0.25, 0.3) is 0 Å². The minimum Gasteiger partial charge on any atom is -0.338 e. The van der Waals surface area contributed by atoms with Crippen molar-refractivity contribution in [2.75, 3.05) is 26.2 Å². The number of amides is 1. The Kier molecular flexibility index (Phi) is 6.23. The second kappa shape index (κ2) is 8.29. The van der Waals surface area contributed by atoms with Crippen LogP contribution in [0.5, 0.6) is 0 Å². The lowest BCUT2D eigenvalue weighted by Crippen LogP contribution is -2.51. The van der Waals surface area contributed by atoms with Crippen molar-refractivity contribution in [2.24, 2.45) is 11.7 Å². The van der Waals surface area contributed by atoms with E-state index < -0.39 is 10.0 Å². The van der Waals surface area contributed by atoms with Crippen molar-refractivity contribution >= 4 is 15.9 Å². The quantitative estimate of drug-likeness (QED) is 0.848. The summed E-state index contributed by atoms with van der Waals surface area (Å²) < 4.78 is 27.4. The van der Waals surface area contributed by atoms with Crippen LogP contribution in [0.4, 0.5) is 0 Å². The zero-order valence-electron chi connectivity index (χ0n) is 16.4. The van der Waals surface area contributed by atoms with E-state index in [4.69, 9.17) is 5.73 Å². The number of hydrogen-bond donors (Lipinski definition) is 1. The van der Waals surface area contributed by atoms with Gasteiger partial charge in [0.25, 0.3) is 0 Å². The molecule has 1 atom stereocenters. The summed E-state index contributed by atoms with van der Waals surface area (Å²) in [4.78, 5) is 15.2. The van der Waals surface area contributed by atoms with Gasteiger partial charge in [0, 0.05) is 38.1 Å². The van der Waals surface area contributed by atoms with E-state index in [1.165, 1.54) is 4.31 Å². The molecule has 1 amide bonds. The molecule has 2 saturated heterocycles. The lowest BCUT2D eigenvalue weighted by molar-refractivity contribution is -0.140. The molecule has 2 fully saturated rings. The average molecular weight is 394 g/mol. The molecule has 1 unspecified atom stereocenters. The van der Waals surface area contributed by atoms with Gasteiger partial charge in [0.05, 0.1) is 4.90 Å². The maximum Gasteiger partial charge on any atom is 0.243 e. The van der Waals surface area contributed by atoms with E-state index in [9.17, 15) is 13.2 Å². The Labute approximate surface area is 162 Å². The summed E-state index contributed by atoms with van der Waals surface area (Å²) >= 11 is 0. The van der Waals surface area contributed by atoms with E-state index in [2.05, 4.69) is 0 Å². The molecule has 0 spiro atoms. The summed E-state index contributed by atoms with van der Waals surface area (Å²) in [6, 6.07) is 5.40. The number of rotatable bonds is 4. The molecule has 3 rings (SSSR count). The molecule has 1 aromatic carbocycles. The van der Waals surface area contributed by atoms with Gasteiger partial charge in [0.2, 0.25) is 15.9 Å². The Morgan fingerprint density at radius 2 is 1.78 bits per heavy atom. The molecule has 7 heteroatoms. The Morgan fingerprint density at radius 3 is 2.41 bits per heavy atom. The van der Waals surface area contributed by atoms with Crippen LogP contribution >= 0.6 is 0 Å². The van der Waals surface area contributed by atoms with Crippen LogP contribution in [0.2, 0.25) is 0 Å². The minimum absolute atomic E-state index is 0.0941. The van der Waals surface area contributed by atoms with Gasteiger partial charge in [-0.15, -0.1) is 0 Å². The number of aryl methyl sites for hydroxylation is 2. The smallest absolute Gasteiger partial charge is 0.243 e. The molecule has 1 aromatic rings. The molecule has 27 heavy (non-hydrogen) atoms. The van der Waals surface area contributed by atoms with Gasteiger partial charge in [0.15, 0.2) is 0 Å². The molecular formula is C20H31N3O3S. The molecule has 0 radical (unpaired) electrons. The highest BCUT2D eigenvalue weighted by Gasteiger charge is 2.36. The number of benzene rings is 1. The van der Waals surface area contributed by atoms with E-state index >= 15 is 0 Å². The summed E-state index contributed by atoms with van der Waals surface area (Å²) in [6.07, 6.45) is 4.29. The summed E-state index contributed by atoms with van der Waals surface area (Å²) in [5.74, 6) is 0.0664. The Morgan fingerprint density at radius 1 is 1.07 bits per heavy atom. The Bertz CT molecular complexity index is 786. The van der Waals surface area contributed by atoms with Crippen molar-refractivity contribution in [3.05, 3.63) is 29.3 Å². The van der Waals surface area contributed by atoms with Gasteiger partial charge in [-0.25, -0.2) is 8.42 Å². The maximum atomic E-state index is 12.9. The van der Waals surface area contributed by atoms with E-state index in [0.29, 0.717) is 37.4 Å². The van der Waals surface area contributed by atoms with Crippen molar-refractivity contribution in [1.29, 1.82) is 0 Å². The predicted molar refractivity (Wildman–Crippen MR) is 106 cm³/mol. The van der Waals surface area contributed by atoms with E-state index in [0.717, 1.165) is 36.9 Å². The van der Waals surface area contributed by atoms with Gasteiger partial charge in [0.1, 0.15) is 0 Å². The normalized spacial score (nSPS) is 22.8. The number of hydrogen-bond acceptors (Lipinski definition) is 4. The number of likely N-dealkylation sites (tertiary alicyclic amines) is 1. The van der Waals surface area contributed by atoms with Crippen LogP contribution < -0.4 is 5.73 Å². The second-order valence-electron chi connectivity index (χ2n) is 7.84. The molecule has 2 aliphatic heterocycles. The minimum atomic E-state index is -3.50. The largest absolute Gasteiger partial charge is 0.338 e. The van der Waals surface area contributed by atoms with Crippen molar-refractivity contribution in [1.82, 2.24) is 9.21 Å². The van der Waals surface area contributed by atoms with E-state index in [-0.39, 0.29) is 17.9 Å². The Balaban J connectivity index is 1.65. The molecule has 0 bridgehead atoms. The Hall–Kier alpha value is -1.44. The number of nitrogens with two attached hydrogens (primary N) is 1. The van der Waals surface area contributed by atoms with Gasteiger partial charge in [-0.1, -0.05) is 6.07 Å². The number of piperidine rings is 2. The summed E-state index contributed by atoms with van der Waals surface area (Å²) in [7, 11) is -3.50. The first-order valence-electron chi connectivity index (χ1n) is 9.92. The van der Waals surface area contributed by atoms with Crippen LogP contribution in [-0.2, 0) is 14.8 Å². The first-order chi connectivity index (χ1) is 12.8. The van der Waals surface area contributed by atoms with Crippen molar-refractivity contribution in [3.8, 4) is 0 Å². The number of carbonyl (C=O) groups is 1. The second-order valence-corrected chi connectivity index (χ2v) is 9.78. The summed E-state index contributed by atoms with van der Waals surface area (Å²) in [6.45, 7) is 5.97. The zero-order valence-corrected chi connectivity index (χ0v) is 17.2.